The van der Waals surface area contributed by atoms with Crippen molar-refractivity contribution in [3.05, 3.63) is 62.9 Å². The molecule has 1 unspecified atom stereocenters. The van der Waals surface area contributed by atoms with Gasteiger partial charge in [-0.05, 0) is 49.6 Å². The summed E-state index contributed by atoms with van der Waals surface area (Å²) < 4.78 is 30.1. The van der Waals surface area contributed by atoms with E-state index in [2.05, 4.69) is 10.9 Å². The highest BCUT2D eigenvalue weighted by atomic mass is 32.2. The number of thiazole rings is 1. The Hall–Kier alpha value is -3.33. The molecule has 11 heteroatoms. The van der Waals surface area contributed by atoms with Crippen molar-refractivity contribution in [3.8, 4) is 12.3 Å². The summed E-state index contributed by atoms with van der Waals surface area (Å²) in [5.41, 5.74) is 0.796. The third-order valence-corrected chi connectivity index (χ3v) is 9.08. The maximum atomic E-state index is 13.2. The summed E-state index contributed by atoms with van der Waals surface area (Å²) in [6, 6.07) is 10.1. The van der Waals surface area contributed by atoms with Crippen molar-refractivity contribution >= 4 is 43.2 Å². The van der Waals surface area contributed by atoms with E-state index in [1.165, 1.54) is 36.4 Å². The minimum Gasteiger partial charge on any atom is -0.305 e. The van der Waals surface area contributed by atoms with Crippen LogP contribution < -0.4 is 4.80 Å². The van der Waals surface area contributed by atoms with Crippen molar-refractivity contribution in [2.24, 2.45) is 4.99 Å². The molecule has 0 radical (unpaired) electrons. The monoisotopic (exact) mass is 512 g/mol. The lowest BCUT2D eigenvalue weighted by Crippen LogP contribution is -2.43. The first kappa shape index (κ1) is 24.8. The Labute approximate surface area is 206 Å². The van der Waals surface area contributed by atoms with Gasteiger partial charge in [-0.25, -0.2) is 8.42 Å². The molecule has 9 nitrogen and oxygen atoms in total. The predicted molar refractivity (Wildman–Crippen MR) is 133 cm³/mol. The van der Waals surface area contributed by atoms with Gasteiger partial charge < -0.3 is 4.57 Å². The molecule has 2 heterocycles. The summed E-state index contributed by atoms with van der Waals surface area (Å²) in [5, 5.41) is 11.1. The molecule has 0 aliphatic carbocycles. The Morgan fingerprint density at radius 2 is 2.00 bits per heavy atom. The van der Waals surface area contributed by atoms with Crippen LogP contribution in [0.3, 0.4) is 0 Å². The number of hydrogen-bond acceptors (Lipinski definition) is 6. The third-order valence-electron chi connectivity index (χ3n) is 6.08. The lowest BCUT2D eigenvalue weighted by Gasteiger charge is -2.34. The fourth-order valence-corrected chi connectivity index (χ4v) is 7.09. The number of benzene rings is 2. The quantitative estimate of drug-likeness (QED) is 0.282. The van der Waals surface area contributed by atoms with Gasteiger partial charge in [-0.2, -0.15) is 9.30 Å². The number of hydrogen-bond donors (Lipinski definition) is 0. The average Bonchev–Trinajstić information content (AvgIpc) is 3.20. The number of fused-ring (bicyclic) bond motifs is 1. The molecule has 0 spiro atoms. The highest BCUT2D eigenvalue weighted by Crippen LogP contribution is 2.27. The molecule has 0 saturated carbocycles. The summed E-state index contributed by atoms with van der Waals surface area (Å²) in [6.45, 7) is 2.62. The number of nitrogens with zero attached hydrogens (tertiary/aromatic N) is 4. The number of amides is 1. The van der Waals surface area contributed by atoms with Crippen molar-refractivity contribution in [3.63, 3.8) is 0 Å². The number of aromatic nitrogens is 1. The molecule has 0 bridgehead atoms. The van der Waals surface area contributed by atoms with E-state index in [1.54, 1.807) is 14.9 Å². The number of sulfonamides is 1. The SMILES string of the molecule is C#CCn1c(=NC(=O)c2ccc(S(=O)(=O)N3CCCCC3CC)cc2)sc2cc([N+](=O)[O-])ccc21. The van der Waals surface area contributed by atoms with Gasteiger partial charge in [-0.15, -0.1) is 6.42 Å². The Bertz CT molecular complexity index is 1500. The van der Waals surface area contributed by atoms with Crippen LogP contribution >= 0.6 is 11.3 Å². The number of non-ortho nitro benzene ring substituents is 1. The number of terminal acetylenes is 1. The number of carbonyl (C=O) groups excluding carboxylic acids is 1. The van der Waals surface area contributed by atoms with Crippen molar-refractivity contribution in [1.82, 2.24) is 8.87 Å². The van der Waals surface area contributed by atoms with Crippen molar-refractivity contribution in [2.75, 3.05) is 6.54 Å². The highest BCUT2D eigenvalue weighted by molar-refractivity contribution is 7.89. The van der Waals surface area contributed by atoms with Gasteiger partial charge in [-0.1, -0.05) is 30.6 Å². The van der Waals surface area contributed by atoms with E-state index in [1.807, 2.05) is 6.92 Å². The summed E-state index contributed by atoms with van der Waals surface area (Å²) in [7, 11) is -3.66. The van der Waals surface area contributed by atoms with E-state index < -0.39 is 20.9 Å². The van der Waals surface area contributed by atoms with Crippen LogP contribution in [0, 0.1) is 22.5 Å². The van der Waals surface area contributed by atoms with E-state index in [9.17, 15) is 23.3 Å². The smallest absolute Gasteiger partial charge is 0.279 e. The Morgan fingerprint density at radius 3 is 2.66 bits per heavy atom. The second-order valence-corrected chi connectivity index (χ2v) is 11.1. The maximum absolute atomic E-state index is 13.2. The minimum atomic E-state index is -3.66. The van der Waals surface area contributed by atoms with Crippen LogP contribution in [0.2, 0.25) is 0 Å². The molecule has 182 valence electrons. The molecule has 1 atom stereocenters. The largest absolute Gasteiger partial charge is 0.305 e. The number of rotatable bonds is 6. The minimum absolute atomic E-state index is 0.0135. The van der Waals surface area contributed by atoms with Crippen LogP contribution in [-0.2, 0) is 16.6 Å². The van der Waals surface area contributed by atoms with Gasteiger partial charge in [0.15, 0.2) is 4.80 Å². The van der Waals surface area contributed by atoms with Crippen LogP contribution in [0.25, 0.3) is 10.2 Å². The second kappa shape index (κ2) is 10.1. The first-order chi connectivity index (χ1) is 16.8. The number of piperidine rings is 1. The van der Waals surface area contributed by atoms with E-state index in [0.29, 0.717) is 21.6 Å². The molecule has 1 amide bonds. The van der Waals surface area contributed by atoms with Gasteiger partial charge in [0.2, 0.25) is 10.0 Å². The Kier molecular flexibility index (Phi) is 7.16. The van der Waals surface area contributed by atoms with E-state index >= 15 is 0 Å². The fourth-order valence-electron chi connectivity index (χ4n) is 4.26. The zero-order chi connectivity index (χ0) is 25.2. The highest BCUT2D eigenvalue weighted by Gasteiger charge is 2.32. The Balaban J connectivity index is 1.66. The van der Waals surface area contributed by atoms with Crippen LogP contribution in [0.15, 0.2) is 52.4 Å². The van der Waals surface area contributed by atoms with Gasteiger partial charge >= 0.3 is 0 Å². The third kappa shape index (κ3) is 4.91. The molecule has 1 saturated heterocycles. The molecular weight excluding hydrogens is 488 g/mol. The van der Waals surface area contributed by atoms with E-state index in [4.69, 9.17) is 6.42 Å². The first-order valence-corrected chi connectivity index (χ1v) is 13.4. The fraction of sp³-hybridized carbons (Fsp3) is 0.333. The molecule has 1 fully saturated rings. The molecular formula is C24H24N4O5S2. The summed E-state index contributed by atoms with van der Waals surface area (Å²) in [5.74, 6) is 1.95. The number of nitro benzene ring substituents is 1. The van der Waals surface area contributed by atoms with Crippen LogP contribution in [0.5, 0.6) is 0 Å². The molecule has 4 rings (SSSR count). The van der Waals surface area contributed by atoms with Crippen molar-refractivity contribution in [1.29, 1.82) is 0 Å². The van der Waals surface area contributed by atoms with Gasteiger partial charge in [0.25, 0.3) is 11.6 Å². The predicted octanol–water partition coefficient (Wildman–Crippen LogP) is 3.94. The summed E-state index contributed by atoms with van der Waals surface area (Å²) >= 11 is 1.12. The first-order valence-electron chi connectivity index (χ1n) is 11.2. The van der Waals surface area contributed by atoms with E-state index in [-0.39, 0.29) is 28.7 Å². The normalized spacial score (nSPS) is 17.4. The average molecular weight is 513 g/mol. The lowest BCUT2D eigenvalue weighted by atomic mass is 10.0. The molecule has 1 aliphatic rings. The van der Waals surface area contributed by atoms with Gasteiger partial charge in [0, 0.05) is 30.3 Å². The van der Waals surface area contributed by atoms with Crippen molar-refractivity contribution < 1.29 is 18.1 Å². The summed E-state index contributed by atoms with van der Waals surface area (Å²) in [6.07, 6.45) is 8.93. The zero-order valence-electron chi connectivity index (χ0n) is 19.1. The second-order valence-electron chi connectivity index (χ2n) is 8.20. The van der Waals surface area contributed by atoms with Crippen molar-refractivity contribution in [2.45, 2.75) is 50.1 Å². The lowest BCUT2D eigenvalue weighted by molar-refractivity contribution is -0.384. The van der Waals surface area contributed by atoms with Crippen LogP contribution in [0.1, 0.15) is 43.0 Å². The molecule has 3 aromatic rings. The molecule has 2 aromatic carbocycles. The topological polar surface area (TPSA) is 115 Å². The molecule has 1 aromatic heterocycles. The van der Waals surface area contributed by atoms with Crippen LogP contribution in [0.4, 0.5) is 5.69 Å². The van der Waals surface area contributed by atoms with Gasteiger partial charge in [0.1, 0.15) is 0 Å². The van der Waals surface area contributed by atoms with E-state index in [0.717, 1.165) is 37.0 Å². The summed E-state index contributed by atoms with van der Waals surface area (Å²) in [4.78, 5) is 28.1. The van der Waals surface area contributed by atoms with Gasteiger partial charge in [0.05, 0.1) is 26.6 Å². The molecule has 35 heavy (non-hydrogen) atoms. The zero-order valence-corrected chi connectivity index (χ0v) is 20.7. The number of carbonyl (C=O) groups is 1. The molecule has 1 aliphatic heterocycles. The number of nitro groups is 1. The standard InChI is InChI=1S/C24H24N4O5S2/c1-3-14-26-21-13-10-19(28(30)31)16-22(21)34-24(26)25-23(29)17-8-11-20(12-9-17)35(32,33)27-15-6-5-7-18(27)4-2/h1,8-13,16,18H,4-7,14-15H2,2H3. The maximum Gasteiger partial charge on any atom is 0.279 e. The van der Waals surface area contributed by atoms with Crippen LogP contribution in [-0.4, -0.2) is 40.7 Å². The Morgan fingerprint density at radius 1 is 1.26 bits per heavy atom. The van der Waals surface area contributed by atoms with Gasteiger partial charge in [-0.3, -0.25) is 14.9 Å². The molecule has 0 N–H and O–H groups in total.